The van der Waals surface area contributed by atoms with E-state index in [2.05, 4.69) is 0 Å². The van der Waals surface area contributed by atoms with Crippen LogP contribution in [0.3, 0.4) is 0 Å². The van der Waals surface area contributed by atoms with Crippen LogP contribution < -0.4 is 4.74 Å². The van der Waals surface area contributed by atoms with E-state index in [0.29, 0.717) is 25.9 Å². The van der Waals surface area contributed by atoms with E-state index in [1.165, 1.54) is 6.07 Å². The zero-order valence-corrected chi connectivity index (χ0v) is 18.6. The maximum Gasteiger partial charge on any atom is 0.410 e. The van der Waals surface area contributed by atoms with Crippen LogP contribution in [0.4, 0.5) is 9.18 Å². The number of piperidine rings is 1. The fraction of sp³-hybridized carbons (Fsp3) is 0.619. The number of rotatable bonds is 3. The van der Waals surface area contributed by atoms with E-state index in [-0.39, 0.29) is 28.5 Å². The van der Waals surface area contributed by atoms with Crippen LogP contribution in [0.25, 0.3) is 0 Å². The highest BCUT2D eigenvalue weighted by Crippen LogP contribution is 2.31. The Kier molecular flexibility index (Phi) is 7.04. The summed E-state index contributed by atoms with van der Waals surface area (Å²) >= 11 is 6.20. The number of nitrogens with zero attached hydrogens (tertiary/aromatic N) is 1. The maximum absolute atomic E-state index is 14.4. The summed E-state index contributed by atoms with van der Waals surface area (Å²) in [5, 5.41) is 0.127. The SMILES string of the molecule is CC(C)(C)OC(=O)c1cc(Cl)c(OC2CCN(C(=O)OC(C)(C)C)CC2)cc1F. The highest BCUT2D eigenvalue weighted by molar-refractivity contribution is 6.32. The van der Waals surface area contributed by atoms with E-state index in [1.807, 2.05) is 20.8 Å². The molecule has 1 saturated heterocycles. The van der Waals surface area contributed by atoms with Crippen molar-refractivity contribution in [2.24, 2.45) is 0 Å². The molecule has 0 atom stereocenters. The van der Waals surface area contributed by atoms with Crippen LogP contribution in [0.5, 0.6) is 5.75 Å². The van der Waals surface area contributed by atoms with Crippen LogP contribution in [0.15, 0.2) is 12.1 Å². The number of amides is 1. The Labute approximate surface area is 176 Å². The average Bonchev–Trinajstić information content (AvgIpc) is 2.55. The van der Waals surface area contributed by atoms with Crippen molar-refractivity contribution in [3.8, 4) is 5.75 Å². The maximum atomic E-state index is 14.4. The normalized spacial score (nSPS) is 15.8. The number of carbonyl (C=O) groups is 2. The van der Waals surface area contributed by atoms with Gasteiger partial charge in [0.25, 0.3) is 0 Å². The number of benzene rings is 1. The first-order chi connectivity index (χ1) is 13.2. The lowest BCUT2D eigenvalue weighted by Gasteiger charge is -2.33. The van der Waals surface area contributed by atoms with Crippen molar-refractivity contribution >= 4 is 23.7 Å². The molecule has 1 aliphatic rings. The first-order valence-corrected chi connectivity index (χ1v) is 10.00. The van der Waals surface area contributed by atoms with Crippen molar-refractivity contribution in [3.63, 3.8) is 0 Å². The van der Waals surface area contributed by atoms with Gasteiger partial charge in [-0.25, -0.2) is 14.0 Å². The van der Waals surface area contributed by atoms with E-state index in [9.17, 15) is 14.0 Å². The standard InChI is InChI=1S/C21H29ClFNO5/c1-20(2,3)28-18(25)14-11-15(22)17(12-16(14)23)27-13-7-9-24(10-8-13)19(26)29-21(4,5)6/h11-13H,7-10H2,1-6H3. The summed E-state index contributed by atoms with van der Waals surface area (Å²) in [6.45, 7) is 11.5. The molecule has 0 saturated carbocycles. The quantitative estimate of drug-likeness (QED) is 0.617. The van der Waals surface area contributed by atoms with E-state index in [4.69, 9.17) is 25.8 Å². The Morgan fingerprint density at radius 2 is 1.59 bits per heavy atom. The molecule has 0 radical (unpaired) electrons. The molecule has 8 heteroatoms. The second-order valence-electron chi connectivity index (χ2n) is 9.05. The molecule has 1 aromatic rings. The second kappa shape index (κ2) is 8.78. The van der Waals surface area contributed by atoms with Crippen LogP contribution in [0.1, 0.15) is 64.7 Å². The van der Waals surface area contributed by atoms with Crippen LogP contribution in [0, 0.1) is 5.82 Å². The molecular weight excluding hydrogens is 401 g/mol. The Morgan fingerprint density at radius 1 is 1.03 bits per heavy atom. The molecular formula is C21H29ClFNO5. The van der Waals surface area contributed by atoms with Gasteiger partial charge in [-0.1, -0.05) is 11.6 Å². The fourth-order valence-corrected chi connectivity index (χ4v) is 2.98. The molecule has 0 unspecified atom stereocenters. The summed E-state index contributed by atoms with van der Waals surface area (Å²) in [5.41, 5.74) is -1.53. The molecule has 29 heavy (non-hydrogen) atoms. The number of hydrogen-bond donors (Lipinski definition) is 0. The lowest BCUT2D eigenvalue weighted by Crippen LogP contribution is -2.44. The third kappa shape index (κ3) is 7.07. The van der Waals surface area contributed by atoms with Gasteiger partial charge in [-0.15, -0.1) is 0 Å². The largest absolute Gasteiger partial charge is 0.489 e. The van der Waals surface area contributed by atoms with Gasteiger partial charge in [-0.2, -0.15) is 0 Å². The van der Waals surface area contributed by atoms with Crippen LogP contribution in [-0.4, -0.2) is 47.4 Å². The van der Waals surface area contributed by atoms with Crippen LogP contribution in [0.2, 0.25) is 5.02 Å². The highest BCUT2D eigenvalue weighted by atomic mass is 35.5. The van der Waals surface area contributed by atoms with E-state index in [1.54, 1.807) is 25.7 Å². The lowest BCUT2D eigenvalue weighted by atomic mass is 10.1. The van der Waals surface area contributed by atoms with Crippen molar-refractivity contribution < 1.29 is 28.2 Å². The smallest absolute Gasteiger partial charge is 0.410 e. The number of likely N-dealkylation sites (tertiary alicyclic amines) is 1. The number of carbonyl (C=O) groups excluding carboxylic acids is 2. The number of esters is 1. The average molecular weight is 430 g/mol. The van der Waals surface area contributed by atoms with Gasteiger partial charge < -0.3 is 19.1 Å². The Morgan fingerprint density at radius 3 is 2.10 bits per heavy atom. The summed E-state index contributed by atoms with van der Waals surface area (Å²) in [5.74, 6) is -1.38. The minimum atomic E-state index is -0.783. The molecule has 0 N–H and O–H groups in total. The highest BCUT2D eigenvalue weighted by Gasteiger charge is 2.29. The van der Waals surface area contributed by atoms with Crippen molar-refractivity contribution in [3.05, 3.63) is 28.5 Å². The zero-order chi connectivity index (χ0) is 22.0. The van der Waals surface area contributed by atoms with Gasteiger partial charge in [0.15, 0.2) is 0 Å². The third-order valence-corrected chi connectivity index (χ3v) is 4.32. The topological polar surface area (TPSA) is 65.1 Å². The van der Waals surface area contributed by atoms with Gasteiger partial charge >= 0.3 is 12.1 Å². The molecule has 1 aliphatic heterocycles. The lowest BCUT2D eigenvalue weighted by molar-refractivity contribution is 0.00637. The minimum Gasteiger partial charge on any atom is -0.489 e. The second-order valence-corrected chi connectivity index (χ2v) is 9.46. The molecule has 1 heterocycles. The predicted octanol–water partition coefficient (Wildman–Crippen LogP) is 5.21. The van der Waals surface area contributed by atoms with Gasteiger partial charge in [-0.05, 0) is 47.6 Å². The summed E-state index contributed by atoms with van der Waals surface area (Å²) in [6, 6.07) is 2.32. The van der Waals surface area contributed by atoms with Crippen LogP contribution >= 0.6 is 11.6 Å². The zero-order valence-electron chi connectivity index (χ0n) is 17.8. The summed E-state index contributed by atoms with van der Waals surface area (Å²) in [4.78, 5) is 25.9. The van der Waals surface area contributed by atoms with E-state index < -0.39 is 23.0 Å². The Hall–Kier alpha value is -2.02. The molecule has 2 rings (SSSR count). The van der Waals surface area contributed by atoms with Crippen molar-refractivity contribution in [2.45, 2.75) is 71.7 Å². The molecule has 1 fully saturated rings. The first-order valence-electron chi connectivity index (χ1n) is 9.62. The number of hydrogen-bond acceptors (Lipinski definition) is 5. The van der Waals surface area contributed by atoms with Gasteiger partial charge in [0.1, 0.15) is 28.9 Å². The van der Waals surface area contributed by atoms with Gasteiger partial charge in [0.05, 0.1) is 10.6 Å². The monoisotopic (exact) mass is 429 g/mol. The third-order valence-electron chi connectivity index (χ3n) is 4.03. The van der Waals surface area contributed by atoms with Crippen molar-refractivity contribution in [1.29, 1.82) is 0 Å². The summed E-state index contributed by atoms with van der Waals surface area (Å²) < 4.78 is 30.8. The molecule has 162 valence electrons. The van der Waals surface area contributed by atoms with E-state index in [0.717, 1.165) is 6.07 Å². The van der Waals surface area contributed by atoms with Crippen LogP contribution in [-0.2, 0) is 9.47 Å². The van der Waals surface area contributed by atoms with Gasteiger partial charge in [-0.3, -0.25) is 0 Å². The predicted molar refractivity (Wildman–Crippen MR) is 108 cm³/mol. The molecule has 0 spiro atoms. The number of ether oxygens (including phenoxy) is 3. The molecule has 6 nitrogen and oxygen atoms in total. The fourth-order valence-electron chi connectivity index (χ4n) is 2.77. The molecule has 0 aromatic heterocycles. The first kappa shape index (κ1) is 23.3. The molecule has 0 bridgehead atoms. The van der Waals surface area contributed by atoms with Gasteiger partial charge in [0.2, 0.25) is 0 Å². The minimum absolute atomic E-state index is 0.127. The van der Waals surface area contributed by atoms with Gasteiger partial charge in [0, 0.05) is 32.0 Å². The summed E-state index contributed by atoms with van der Waals surface area (Å²) in [6.07, 6.45) is 0.537. The number of halogens is 2. The molecule has 1 amide bonds. The Bertz CT molecular complexity index is 762. The van der Waals surface area contributed by atoms with Crippen molar-refractivity contribution in [2.75, 3.05) is 13.1 Å². The van der Waals surface area contributed by atoms with Crippen molar-refractivity contribution in [1.82, 2.24) is 4.90 Å². The summed E-state index contributed by atoms with van der Waals surface area (Å²) in [7, 11) is 0. The Balaban J connectivity index is 1.99. The van der Waals surface area contributed by atoms with E-state index >= 15 is 0 Å². The molecule has 1 aromatic carbocycles. The molecule has 0 aliphatic carbocycles.